The molecular formula is C31H22N2O6. The number of carbonyl (C=O) groups excluding carboxylic acids is 4. The Bertz CT molecular complexity index is 1720. The van der Waals surface area contributed by atoms with Gasteiger partial charge in [-0.3, -0.25) is 19.2 Å². The van der Waals surface area contributed by atoms with E-state index in [-0.39, 0.29) is 22.3 Å². The van der Waals surface area contributed by atoms with E-state index in [9.17, 15) is 19.2 Å². The lowest BCUT2D eigenvalue weighted by Gasteiger charge is -2.15. The largest absolute Gasteiger partial charge is 0.496 e. The number of hydrogen-bond donors (Lipinski definition) is 0. The van der Waals surface area contributed by atoms with Crippen LogP contribution < -0.4 is 19.3 Å². The van der Waals surface area contributed by atoms with Gasteiger partial charge in [0.1, 0.15) is 17.2 Å². The van der Waals surface area contributed by atoms with Crippen molar-refractivity contribution in [1.82, 2.24) is 0 Å². The number of fused-ring (bicyclic) bond motifs is 2. The van der Waals surface area contributed by atoms with Crippen molar-refractivity contribution >= 4 is 35.0 Å². The number of imide groups is 2. The predicted molar refractivity (Wildman–Crippen MR) is 144 cm³/mol. The second-order valence-corrected chi connectivity index (χ2v) is 9.40. The van der Waals surface area contributed by atoms with E-state index in [4.69, 9.17) is 9.47 Å². The highest BCUT2D eigenvalue weighted by Gasteiger charge is 2.38. The first-order chi connectivity index (χ1) is 18.8. The number of hydrogen-bond acceptors (Lipinski definition) is 6. The summed E-state index contributed by atoms with van der Waals surface area (Å²) in [4.78, 5) is 54.6. The molecule has 8 nitrogen and oxygen atoms in total. The van der Waals surface area contributed by atoms with Crippen LogP contribution in [0.3, 0.4) is 0 Å². The van der Waals surface area contributed by atoms with Crippen LogP contribution in [0.4, 0.5) is 11.4 Å². The predicted octanol–water partition coefficient (Wildman–Crippen LogP) is 5.71. The van der Waals surface area contributed by atoms with Crippen LogP contribution in [0.1, 0.15) is 52.6 Å². The van der Waals surface area contributed by atoms with E-state index in [0.29, 0.717) is 28.6 Å². The molecule has 0 fully saturated rings. The number of aryl methyl sites for hydroxylation is 2. The highest BCUT2D eigenvalue weighted by molar-refractivity contribution is 6.35. The first-order valence-electron chi connectivity index (χ1n) is 12.2. The maximum absolute atomic E-state index is 13.2. The van der Waals surface area contributed by atoms with E-state index in [0.717, 1.165) is 20.9 Å². The molecule has 6 rings (SSSR count). The van der Waals surface area contributed by atoms with E-state index in [1.165, 1.54) is 12.1 Å². The van der Waals surface area contributed by atoms with Gasteiger partial charge >= 0.3 is 0 Å². The number of anilines is 2. The molecule has 2 heterocycles. The minimum atomic E-state index is -0.464. The van der Waals surface area contributed by atoms with Crippen molar-refractivity contribution in [3.05, 3.63) is 112 Å². The molecule has 2 aliphatic rings. The van der Waals surface area contributed by atoms with Gasteiger partial charge in [-0.2, -0.15) is 0 Å². The minimum Gasteiger partial charge on any atom is -0.496 e. The average molecular weight is 519 g/mol. The Hall–Kier alpha value is -5.24. The van der Waals surface area contributed by atoms with Gasteiger partial charge in [-0.15, -0.1) is 0 Å². The van der Waals surface area contributed by atoms with Crippen LogP contribution in [0, 0.1) is 13.8 Å². The van der Waals surface area contributed by atoms with Crippen molar-refractivity contribution in [2.24, 2.45) is 0 Å². The van der Waals surface area contributed by atoms with Crippen molar-refractivity contribution in [1.29, 1.82) is 0 Å². The molecule has 4 amide bonds. The Labute approximate surface area is 224 Å². The monoisotopic (exact) mass is 518 g/mol. The van der Waals surface area contributed by atoms with Crippen LogP contribution in [0.5, 0.6) is 17.2 Å². The third kappa shape index (κ3) is 3.85. The Balaban J connectivity index is 1.26. The fraction of sp³-hybridized carbons (Fsp3) is 0.0968. The van der Waals surface area contributed by atoms with Crippen molar-refractivity contribution in [2.75, 3.05) is 16.9 Å². The number of carbonyl (C=O) groups is 4. The molecule has 0 atom stereocenters. The number of amides is 4. The van der Waals surface area contributed by atoms with Gasteiger partial charge in [0.05, 0.1) is 40.7 Å². The molecule has 0 spiro atoms. The van der Waals surface area contributed by atoms with Gasteiger partial charge in [-0.1, -0.05) is 17.7 Å². The summed E-state index contributed by atoms with van der Waals surface area (Å²) in [6.07, 6.45) is 0. The number of ether oxygens (including phenoxy) is 2. The van der Waals surface area contributed by atoms with Crippen LogP contribution in [-0.2, 0) is 0 Å². The molecule has 39 heavy (non-hydrogen) atoms. The number of rotatable bonds is 5. The van der Waals surface area contributed by atoms with Gasteiger partial charge in [0.15, 0.2) is 0 Å². The maximum atomic E-state index is 13.2. The lowest BCUT2D eigenvalue weighted by Crippen LogP contribution is -2.29. The van der Waals surface area contributed by atoms with Crippen LogP contribution in [0.2, 0.25) is 0 Å². The van der Waals surface area contributed by atoms with Crippen LogP contribution in [-0.4, -0.2) is 30.7 Å². The maximum Gasteiger partial charge on any atom is 0.266 e. The Morgan fingerprint density at radius 3 is 1.54 bits per heavy atom. The molecule has 8 heteroatoms. The van der Waals surface area contributed by atoms with Crippen LogP contribution in [0.15, 0.2) is 78.9 Å². The van der Waals surface area contributed by atoms with Crippen molar-refractivity contribution in [3.63, 3.8) is 0 Å². The zero-order chi connectivity index (χ0) is 27.4. The average Bonchev–Trinajstić information content (AvgIpc) is 3.32. The van der Waals surface area contributed by atoms with Crippen molar-refractivity contribution in [2.45, 2.75) is 13.8 Å². The van der Waals surface area contributed by atoms with E-state index in [1.54, 1.807) is 61.7 Å². The Kier molecular flexibility index (Phi) is 5.54. The fourth-order valence-electron chi connectivity index (χ4n) is 4.87. The molecule has 0 unspecified atom stereocenters. The summed E-state index contributed by atoms with van der Waals surface area (Å²) in [5.74, 6) is -0.444. The van der Waals surface area contributed by atoms with Gasteiger partial charge in [0, 0.05) is 0 Å². The third-order valence-electron chi connectivity index (χ3n) is 6.88. The highest BCUT2D eigenvalue weighted by atomic mass is 16.5. The SMILES string of the molecule is COc1ccc(N2C(=O)c3ccc(Oc4ccc5c(c4)C(=O)N(c4ccc(C)cc4)C5=O)cc3C2=O)cc1C. The quantitative estimate of drug-likeness (QED) is 0.315. The van der Waals surface area contributed by atoms with Crippen molar-refractivity contribution < 1.29 is 28.7 Å². The minimum absolute atomic E-state index is 0.212. The van der Waals surface area contributed by atoms with Gasteiger partial charge in [-0.05, 0) is 86.1 Å². The zero-order valence-electron chi connectivity index (χ0n) is 21.3. The summed E-state index contributed by atoms with van der Waals surface area (Å²) in [5, 5.41) is 0. The smallest absolute Gasteiger partial charge is 0.266 e. The number of benzene rings is 4. The summed E-state index contributed by atoms with van der Waals surface area (Å²) < 4.78 is 11.2. The van der Waals surface area contributed by atoms with Gasteiger partial charge in [0.2, 0.25) is 0 Å². The molecule has 0 aliphatic carbocycles. The highest BCUT2D eigenvalue weighted by Crippen LogP contribution is 2.36. The molecule has 2 aliphatic heterocycles. The summed E-state index contributed by atoms with van der Waals surface area (Å²) in [6, 6.07) is 21.5. The van der Waals surface area contributed by atoms with E-state index < -0.39 is 23.6 Å². The summed E-state index contributed by atoms with van der Waals surface area (Å²) in [5.41, 5.74) is 3.74. The number of nitrogens with zero attached hydrogens (tertiary/aromatic N) is 2. The molecule has 0 N–H and O–H groups in total. The topological polar surface area (TPSA) is 93.2 Å². The van der Waals surface area contributed by atoms with E-state index in [2.05, 4.69) is 0 Å². The van der Waals surface area contributed by atoms with Crippen LogP contribution in [0.25, 0.3) is 0 Å². The lowest BCUT2D eigenvalue weighted by atomic mass is 10.1. The molecule has 0 aromatic heterocycles. The van der Waals surface area contributed by atoms with Crippen LogP contribution >= 0.6 is 0 Å². The molecule has 0 bridgehead atoms. The third-order valence-corrected chi connectivity index (χ3v) is 6.88. The molecule has 4 aromatic rings. The first kappa shape index (κ1) is 24.1. The molecule has 0 saturated heterocycles. The van der Waals surface area contributed by atoms with Gasteiger partial charge in [-0.25, -0.2) is 9.80 Å². The zero-order valence-corrected chi connectivity index (χ0v) is 21.3. The molecule has 0 saturated carbocycles. The second kappa shape index (κ2) is 8.95. The Morgan fingerprint density at radius 1 is 0.538 bits per heavy atom. The summed E-state index contributed by atoms with van der Waals surface area (Å²) >= 11 is 0. The van der Waals surface area contributed by atoms with E-state index >= 15 is 0 Å². The summed E-state index contributed by atoms with van der Waals surface area (Å²) in [6.45, 7) is 3.76. The van der Waals surface area contributed by atoms with Gasteiger partial charge in [0.25, 0.3) is 23.6 Å². The normalized spacial score (nSPS) is 14.1. The molecular weight excluding hydrogens is 496 g/mol. The van der Waals surface area contributed by atoms with Gasteiger partial charge < -0.3 is 9.47 Å². The molecule has 0 radical (unpaired) electrons. The standard InChI is InChI=1S/C31H22N2O6/c1-17-4-6-19(7-5-17)32-28(34)23-11-9-21(15-25(23)30(32)36)39-22-10-12-24-26(16-22)31(37)33(29(24)35)20-8-13-27(38-3)18(2)14-20/h4-16H,1-3H3. The Morgan fingerprint density at radius 2 is 1.03 bits per heavy atom. The molecule has 4 aromatic carbocycles. The lowest BCUT2D eigenvalue weighted by molar-refractivity contribution is 0.0910. The summed E-state index contributed by atoms with van der Waals surface area (Å²) in [7, 11) is 1.56. The fourth-order valence-corrected chi connectivity index (χ4v) is 4.87. The van der Waals surface area contributed by atoms with Crippen molar-refractivity contribution in [3.8, 4) is 17.2 Å². The first-order valence-corrected chi connectivity index (χ1v) is 12.2. The van der Waals surface area contributed by atoms with E-state index in [1.807, 2.05) is 26.0 Å². The number of methoxy groups -OCH3 is 1. The molecule has 192 valence electrons. The second-order valence-electron chi connectivity index (χ2n) is 9.40.